The second kappa shape index (κ2) is 3.90. The lowest BCUT2D eigenvalue weighted by atomic mass is 10.6. The monoisotopic (exact) mass is 222 g/mol. The average Bonchev–Trinajstić information content (AvgIpc) is 2.64. The van der Waals surface area contributed by atoms with Crippen LogP contribution in [0.15, 0.2) is 29.7 Å². The fourth-order valence-corrected chi connectivity index (χ4v) is 1.70. The van der Waals surface area contributed by atoms with Crippen LogP contribution >= 0.6 is 11.8 Å². The molecular formula is C9H10N4OS. The molecule has 1 amide bonds. The molecule has 0 saturated heterocycles. The van der Waals surface area contributed by atoms with Crippen LogP contribution in [0.2, 0.25) is 0 Å². The van der Waals surface area contributed by atoms with Gasteiger partial charge in [-0.1, -0.05) is 0 Å². The van der Waals surface area contributed by atoms with Crippen LogP contribution in [-0.2, 0) is 0 Å². The maximum Gasteiger partial charge on any atom is 0.286 e. The SMILES string of the molecule is CN(C)C(=O)Sc1cnc2nccn2c1. The largest absolute Gasteiger partial charge is 0.339 e. The highest BCUT2D eigenvalue weighted by Crippen LogP contribution is 2.19. The zero-order valence-corrected chi connectivity index (χ0v) is 9.23. The molecule has 78 valence electrons. The third-order valence-electron chi connectivity index (χ3n) is 1.79. The number of hydrogen-bond donors (Lipinski definition) is 0. The number of rotatable bonds is 1. The zero-order valence-electron chi connectivity index (χ0n) is 8.41. The van der Waals surface area contributed by atoms with E-state index in [-0.39, 0.29) is 5.24 Å². The molecule has 6 heteroatoms. The maximum absolute atomic E-state index is 11.4. The van der Waals surface area contributed by atoms with Crippen LogP contribution in [0, 0.1) is 0 Å². The molecule has 0 N–H and O–H groups in total. The third kappa shape index (κ3) is 2.10. The van der Waals surface area contributed by atoms with Gasteiger partial charge in [0.25, 0.3) is 5.24 Å². The van der Waals surface area contributed by atoms with Crippen LogP contribution in [-0.4, -0.2) is 38.6 Å². The molecule has 0 aromatic carbocycles. The van der Waals surface area contributed by atoms with Crippen LogP contribution in [0.3, 0.4) is 0 Å². The van der Waals surface area contributed by atoms with Crippen LogP contribution in [0.25, 0.3) is 5.78 Å². The van der Waals surface area contributed by atoms with E-state index in [9.17, 15) is 4.79 Å². The van der Waals surface area contributed by atoms with Gasteiger partial charge in [0.1, 0.15) is 0 Å². The molecule has 2 rings (SSSR count). The summed E-state index contributed by atoms with van der Waals surface area (Å²) in [5.41, 5.74) is 0. The summed E-state index contributed by atoms with van der Waals surface area (Å²) < 4.78 is 1.78. The second-order valence-electron chi connectivity index (χ2n) is 3.19. The minimum absolute atomic E-state index is 0.0173. The molecule has 0 saturated carbocycles. The molecule has 0 radical (unpaired) electrons. The summed E-state index contributed by atoms with van der Waals surface area (Å²) in [5, 5.41) is -0.0173. The fraction of sp³-hybridized carbons (Fsp3) is 0.222. The zero-order chi connectivity index (χ0) is 10.8. The van der Waals surface area contributed by atoms with Crippen molar-refractivity contribution in [3.05, 3.63) is 24.8 Å². The predicted octanol–water partition coefficient (Wildman–Crippen LogP) is 1.50. The van der Waals surface area contributed by atoms with Crippen molar-refractivity contribution in [1.29, 1.82) is 0 Å². The van der Waals surface area contributed by atoms with Gasteiger partial charge in [0, 0.05) is 38.9 Å². The number of carbonyl (C=O) groups excluding carboxylic acids is 1. The highest BCUT2D eigenvalue weighted by Gasteiger charge is 2.07. The van der Waals surface area contributed by atoms with Crippen molar-refractivity contribution in [3.8, 4) is 0 Å². The Balaban J connectivity index is 2.25. The molecule has 0 aliphatic heterocycles. The Morgan fingerprint density at radius 2 is 2.27 bits per heavy atom. The van der Waals surface area contributed by atoms with Gasteiger partial charge in [-0.2, -0.15) is 0 Å². The van der Waals surface area contributed by atoms with Gasteiger partial charge >= 0.3 is 0 Å². The molecule has 2 heterocycles. The van der Waals surface area contributed by atoms with E-state index < -0.39 is 0 Å². The highest BCUT2D eigenvalue weighted by molar-refractivity contribution is 8.13. The molecule has 5 nitrogen and oxygen atoms in total. The maximum atomic E-state index is 11.4. The summed E-state index contributed by atoms with van der Waals surface area (Å²) in [6.45, 7) is 0. The first-order valence-electron chi connectivity index (χ1n) is 4.34. The molecule has 0 atom stereocenters. The van der Waals surface area contributed by atoms with E-state index in [1.165, 1.54) is 4.90 Å². The Morgan fingerprint density at radius 3 is 3.00 bits per heavy atom. The highest BCUT2D eigenvalue weighted by atomic mass is 32.2. The Bertz CT molecular complexity index is 494. The van der Waals surface area contributed by atoms with Crippen molar-refractivity contribution < 1.29 is 4.79 Å². The molecular weight excluding hydrogens is 212 g/mol. The topological polar surface area (TPSA) is 50.5 Å². The lowest BCUT2D eigenvalue weighted by Gasteiger charge is -2.08. The van der Waals surface area contributed by atoms with Gasteiger partial charge in [0.15, 0.2) is 0 Å². The van der Waals surface area contributed by atoms with Gasteiger partial charge in [-0.25, -0.2) is 9.97 Å². The van der Waals surface area contributed by atoms with E-state index in [0.717, 1.165) is 16.7 Å². The van der Waals surface area contributed by atoms with Crippen molar-refractivity contribution in [1.82, 2.24) is 19.3 Å². The number of nitrogens with zero attached hydrogens (tertiary/aromatic N) is 4. The van der Waals surface area contributed by atoms with Crippen LogP contribution < -0.4 is 0 Å². The Hall–Kier alpha value is -1.56. The number of hydrogen-bond acceptors (Lipinski definition) is 4. The number of carbonyl (C=O) groups is 1. The van der Waals surface area contributed by atoms with E-state index in [0.29, 0.717) is 5.78 Å². The summed E-state index contributed by atoms with van der Waals surface area (Å²) in [5.74, 6) is 0.636. The Morgan fingerprint density at radius 1 is 1.47 bits per heavy atom. The predicted molar refractivity (Wildman–Crippen MR) is 57.9 cm³/mol. The third-order valence-corrected chi connectivity index (χ3v) is 2.78. The normalized spacial score (nSPS) is 10.5. The van der Waals surface area contributed by atoms with Gasteiger partial charge in [0.05, 0.1) is 4.90 Å². The van der Waals surface area contributed by atoms with Crippen LogP contribution in [0.5, 0.6) is 0 Å². The van der Waals surface area contributed by atoms with E-state index in [1.54, 1.807) is 37.1 Å². The van der Waals surface area contributed by atoms with E-state index in [4.69, 9.17) is 0 Å². The number of amides is 1. The summed E-state index contributed by atoms with van der Waals surface area (Å²) >= 11 is 1.15. The molecule has 0 aliphatic rings. The van der Waals surface area contributed by atoms with Gasteiger partial charge in [-0.3, -0.25) is 9.20 Å². The van der Waals surface area contributed by atoms with Crippen molar-refractivity contribution in [2.75, 3.05) is 14.1 Å². The van der Waals surface area contributed by atoms with Gasteiger partial charge in [0.2, 0.25) is 5.78 Å². The number of aromatic nitrogens is 3. The van der Waals surface area contributed by atoms with E-state index >= 15 is 0 Å². The molecule has 0 spiro atoms. The molecule has 0 bridgehead atoms. The van der Waals surface area contributed by atoms with Gasteiger partial charge in [-0.15, -0.1) is 0 Å². The summed E-state index contributed by atoms with van der Waals surface area (Å²) in [6, 6.07) is 0. The van der Waals surface area contributed by atoms with Crippen molar-refractivity contribution in [3.63, 3.8) is 0 Å². The number of fused-ring (bicyclic) bond motifs is 1. The average molecular weight is 222 g/mol. The first-order valence-corrected chi connectivity index (χ1v) is 5.16. The second-order valence-corrected chi connectivity index (χ2v) is 4.21. The molecule has 15 heavy (non-hydrogen) atoms. The Kier molecular flexibility index (Phi) is 2.59. The van der Waals surface area contributed by atoms with Crippen molar-refractivity contribution >= 4 is 22.8 Å². The van der Waals surface area contributed by atoms with E-state index in [1.807, 2.05) is 6.20 Å². The van der Waals surface area contributed by atoms with Gasteiger partial charge < -0.3 is 4.90 Å². The Labute approximate surface area is 91.1 Å². The lowest BCUT2D eigenvalue weighted by molar-refractivity contribution is 0.241. The van der Waals surface area contributed by atoms with E-state index in [2.05, 4.69) is 9.97 Å². The fourth-order valence-electron chi connectivity index (χ4n) is 1.04. The lowest BCUT2D eigenvalue weighted by Crippen LogP contribution is -2.16. The minimum atomic E-state index is -0.0173. The molecule has 2 aromatic heterocycles. The van der Waals surface area contributed by atoms with Crippen molar-refractivity contribution in [2.24, 2.45) is 0 Å². The molecule has 0 aliphatic carbocycles. The van der Waals surface area contributed by atoms with Crippen LogP contribution in [0.1, 0.15) is 0 Å². The summed E-state index contributed by atoms with van der Waals surface area (Å²) in [6.07, 6.45) is 6.95. The van der Waals surface area contributed by atoms with Gasteiger partial charge in [-0.05, 0) is 11.8 Å². The minimum Gasteiger partial charge on any atom is -0.339 e. The quantitative estimate of drug-likeness (QED) is 0.686. The molecule has 0 fully saturated rings. The standard InChI is InChI=1S/C9H10N4OS/c1-12(2)9(14)15-7-5-11-8-10-3-4-13(8)6-7/h3-6H,1-2H3. The number of thioether (sulfide) groups is 1. The molecule has 2 aromatic rings. The summed E-state index contributed by atoms with van der Waals surface area (Å²) in [7, 11) is 3.44. The molecule has 0 unspecified atom stereocenters. The van der Waals surface area contributed by atoms with Crippen LogP contribution in [0.4, 0.5) is 4.79 Å². The first-order chi connectivity index (χ1) is 7.16. The van der Waals surface area contributed by atoms with Crippen molar-refractivity contribution in [2.45, 2.75) is 4.90 Å². The number of imidazole rings is 1. The summed E-state index contributed by atoms with van der Waals surface area (Å²) in [4.78, 5) is 21.9. The first kappa shape index (κ1) is 9.97. The smallest absolute Gasteiger partial charge is 0.286 e.